The predicted molar refractivity (Wildman–Crippen MR) is 278 cm³/mol. The number of carbonyl (C=O) groups excluding carboxylic acids is 4. The Bertz CT molecular complexity index is 2610. The summed E-state index contributed by atoms with van der Waals surface area (Å²) in [6.07, 6.45) is -27.3. The molecule has 6 aliphatic rings. The van der Waals surface area contributed by atoms with E-state index < -0.39 is 188 Å². The molecule has 8 rings (SSSR count). The SMILES string of the molecule is CO[C@H](C(=O)[C@@H](O)[C@@H](C)OC(C)=O)[C@@H]1Cc2cc3cc(O[C@H]4C[C@@H](O[C@H]5C[C@@H](OC(C)=O)[C@H](O)[C@@H](C)O5)[C@H](O)[C@@H](C)O4)c(C)c(O)c3c(O)c2C(=O)[C@H]1O[C@H]1C[C@@H](O[C@H]2C[C@@H](O[C@H]3C[C@](C)(O)[C@H](O)[C@@H](C)O3)[C@@H](O)[C@@H](C)O2)[C@H](O)[C@@H](C)O1. The molecule has 0 aromatic heterocycles. The second-order valence-corrected chi connectivity index (χ2v) is 22.9. The van der Waals surface area contributed by atoms with Gasteiger partial charge in [0, 0.05) is 64.5 Å². The minimum Gasteiger partial charge on any atom is -0.507 e. The predicted octanol–water partition coefficient (Wildman–Crippen LogP) is 0.892. The number of phenols is 2. The molecular formula is C56H80O26. The fraction of sp³-hybridized carbons (Fsp3) is 0.750. The Morgan fingerprint density at radius 1 is 0.671 bits per heavy atom. The van der Waals surface area contributed by atoms with Crippen LogP contribution < -0.4 is 4.74 Å². The standard InChI is InChI=1S/C56H80O26/c1-20-32(78-37-16-34(46(61)22(3)72-37)79-38-15-33(77-28(9)58)45(60)21(2)73-38)14-30-12-29-13-31(53(70-11)52(67)49(64)25(6)71-27(8)57)54(51(66)43(29)50(65)42(30)44(20)59)82-40-18-35(47(62)24(5)75-40)80-39-17-36(48(63)23(4)74-39)81-41-19-56(10,69)55(68)26(7)76-41/h12,14,21-26,31,33-41,45-49,53-55,59-65,68-69H,13,15-19H2,1-11H3/t21-,22-,23-,24-,25-,26-,31+,33-,34-,35-,36-,37+,38+,39+,40+,41+,45-,46-,47-,48+,49+,53+,54+,55-,56+/m1/s1. The van der Waals surface area contributed by atoms with E-state index in [0.29, 0.717) is 0 Å². The number of benzene rings is 2. The zero-order chi connectivity index (χ0) is 60.1. The third kappa shape index (κ3) is 13.5. The highest BCUT2D eigenvalue weighted by Gasteiger charge is 2.52. The van der Waals surface area contributed by atoms with Crippen molar-refractivity contribution in [1.29, 1.82) is 0 Å². The number of ketones is 2. The van der Waals surface area contributed by atoms with E-state index in [1.165, 1.54) is 53.9 Å². The number of esters is 2. The summed E-state index contributed by atoms with van der Waals surface area (Å²) in [6, 6.07) is 3.00. The summed E-state index contributed by atoms with van der Waals surface area (Å²) in [4.78, 5) is 53.2. The number of methoxy groups -OCH3 is 1. The molecular weight excluding hydrogens is 1090 g/mol. The molecule has 0 spiro atoms. The molecule has 1 aliphatic carbocycles. The quantitative estimate of drug-likeness (QED) is 0.0993. The Morgan fingerprint density at radius 3 is 1.66 bits per heavy atom. The van der Waals surface area contributed by atoms with Crippen LogP contribution in [-0.2, 0) is 77.6 Å². The minimum atomic E-state index is -1.95. The molecule has 0 bridgehead atoms. The Labute approximate surface area is 473 Å². The lowest BCUT2D eigenvalue weighted by atomic mass is 9.75. The van der Waals surface area contributed by atoms with E-state index in [4.69, 9.17) is 61.6 Å². The second kappa shape index (κ2) is 25.7. The summed E-state index contributed by atoms with van der Waals surface area (Å²) in [6.45, 7) is 14.4. The largest absolute Gasteiger partial charge is 0.507 e. The van der Waals surface area contributed by atoms with Gasteiger partial charge in [0.2, 0.25) is 6.29 Å². The van der Waals surface area contributed by atoms with Crippen LogP contribution in [-0.4, -0.2) is 223 Å². The number of carbonyl (C=O) groups is 4. The zero-order valence-electron chi connectivity index (χ0n) is 47.7. The van der Waals surface area contributed by atoms with Gasteiger partial charge in [0.25, 0.3) is 0 Å². The topological polar surface area (TPSA) is 370 Å². The van der Waals surface area contributed by atoms with Gasteiger partial charge in [-0.25, -0.2) is 0 Å². The second-order valence-electron chi connectivity index (χ2n) is 22.9. The van der Waals surface area contributed by atoms with Gasteiger partial charge < -0.3 is 108 Å². The summed E-state index contributed by atoms with van der Waals surface area (Å²) >= 11 is 0. The Kier molecular flexibility index (Phi) is 20.0. The summed E-state index contributed by atoms with van der Waals surface area (Å²) in [7, 11) is 1.17. The van der Waals surface area contributed by atoms with Crippen molar-refractivity contribution in [3.63, 3.8) is 0 Å². The Morgan fingerprint density at radius 2 is 1.15 bits per heavy atom. The molecule has 5 fully saturated rings. The van der Waals surface area contributed by atoms with Crippen molar-refractivity contribution in [3.05, 3.63) is 28.8 Å². The zero-order valence-corrected chi connectivity index (χ0v) is 47.7. The highest BCUT2D eigenvalue weighted by atomic mass is 16.7. The molecule has 460 valence electrons. The first-order valence-electron chi connectivity index (χ1n) is 27.8. The smallest absolute Gasteiger partial charge is 0.302 e. The summed E-state index contributed by atoms with van der Waals surface area (Å²) in [5.74, 6) is -5.61. The van der Waals surface area contributed by atoms with Crippen LogP contribution >= 0.6 is 0 Å². The first kappa shape index (κ1) is 63.7. The van der Waals surface area contributed by atoms with Crippen LogP contribution in [0.15, 0.2) is 12.1 Å². The average molecular weight is 1170 g/mol. The van der Waals surface area contributed by atoms with Gasteiger partial charge in [0.1, 0.15) is 72.2 Å². The van der Waals surface area contributed by atoms with Crippen molar-refractivity contribution in [1.82, 2.24) is 0 Å². The van der Waals surface area contributed by atoms with E-state index in [9.17, 15) is 60.3 Å². The molecule has 25 atom stereocenters. The molecule has 0 saturated carbocycles. The molecule has 0 radical (unpaired) electrons. The number of rotatable bonds is 17. The van der Waals surface area contributed by atoms with Gasteiger partial charge in [0.15, 0.2) is 42.8 Å². The van der Waals surface area contributed by atoms with E-state index in [2.05, 4.69) is 0 Å². The van der Waals surface area contributed by atoms with Gasteiger partial charge in [-0.2, -0.15) is 0 Å². The van der Waals surface area contributed by atoms with Crippen LogP contribution in [0.5, 0.6) is 17.2 Å². The van der Waals surface area contributed by atoms with Crippen LogP contribution in [0.4, 0.5) is 0 Å². The molecule has 26 nitrogen and oxygen atoms in total. The normalized spacial score (nSPS) is 40.1. The third-order valence-electron chi connectivity index (χ3n) is 16.5. The number of ether oxygens (including phenoxy) is 13. The number of aliphatic hydroxyl groups excluding tert-OH is 6. The number of aliphatic hydroxyl groups is 7. The molecule has 2 aromatic rings. The number of aromatic hydroxyl groups is 2. The van der Waals surface area contributed by atoms with Gasteiger partial charge in [0.05, 0.1) is 65.4 Å². The molecule has 0 unspecified atom stereocenters. The fourth-order valence-corrected chi connectivity index (χ4v) is 12.0. The lowest BCUT2D eigenvalue weighted by Crippen LogP contribution is -2.58. The molecule has 5 saturated heterocycles. The van der Waals surface area contributed by atoms with Gasteiger partial charge >= 0.3 is 11.9 Å². The summed E-state index contributed by atoms with van der Waals surface area (Å²) < 4.78 is 77.5. The van der Waals surface area contributed by atoms with Crippen LogP contribution in [0.2, 0.25) is 0 Å². The van der Waals surface area contributed by atoms with Crippen molar-refractivity contribution in [2.75, 3.05) is 7.11 Å². The fourth-order valence-electron chi connectivity index (χ4n) is 12.0. The highest BCUT2D eigenvalue weighted by Crippen LogP contribution is 2.48. The van der Waals surface area contributed by atoms with Gasteiger partial charge in [-0.15, -0.1) is 0 Å². The maximum absolute atomic E-state index is 15.2. The van der Waals surface area contributed by atoms with Gasteiger partial charge in [-0.1, -0.05) is 0 Å². The summed E-state index contributed by atoms with van der Waals surface area (Å²) in [5.41, 5.74) is -1.56. The molecule has 5 heterocycles. The molecule has 2 aromatic carbocycles. The van der Waals surface area contributed by atoms with Gasteiger partial charge in [-0.05, 0) is 84.9 Å². The van der Waals surface area contributed by atoms with Crippen molar-refractivity contribution in [2.24, 2.45) is 5.92 Å². The van der Waals surface area contributed by atoms with E-state index in [0.717, 1.165) is 6.92 Å². The molecule has 26 heteroatoms. The monoisotopic (exact) mass is 1170 g/mol. The first-order chi connectivity index (χ1) is 38.5. The highest BCUT2D eigenvalue weighted by molar-refractivity contribution is 6.11. The molecule has 0 amide bonds. The van der Waals surface area contributed by atoms with E-state index in [1.54, 1.807) is 27.7 Å². The van der Waals surface area contributed by atoms with Crippen molar-refractivity contribution in [2.45, 2.75) is 255 Å². The molecule has 82 heavy (non-hydrogen) atoms. The molecule has 5 aliphatic heterocycles. The Hall–Kier alpha value is -4.30. The number of hydrogen-bond acceptors (Lipinski definition) is 26. The average Bonchev–Trinajstić information content (AvgIpc) is 1.89. The maximum Gasteiger partial charge on any atom is 0.302 e. The van der Waals surface area contributed by atoms with E-state index >= 15 is 4.79 Å². The van der Waals surface area contributed by atoms with E-state index in [-0.39, 0.29) is 71.7 Å². The number of hydrogen-bond donors (Lipinski definition) is 9. The lowest BCUT2D eigenvalue weighted by molar-refractivity contribution is -0.334. The first-order valence-corrected chi connectivity index (χ1v) is 27.8. The number of phenolic OH excluding ortho intramolecular Hbond substituents is 2. The molecule has 9 N–H and O–H groups in total. The lowest BCUT2D eigenvalue weighted by Gasteiger charge is -2.46. The third-order valence-corrected chi connectivity index (χ3v) is 16.5. The van der Waals surface area contributed by atoms with Gasteiger partial charge in [-0.3, -0.25) is 19.2 Å². The maximum atomic E-state index is 15.2. The number of Topliss-reactive ketones (excluding diaryl/α,β-unsaturated/α-hetero) is 2. The van der Waals surface area contributed by atoms with Crippen molar-refractivity contribution < 1.29 is 127 Å². The summed E-state index contributed by atoms with van der Waals surface area (Å²) in [5, 5.41) is 101. The minimum absolute atomic E-state index is 0.0315. The van der Waals surface area contributed by atoms with Crippen LogP contribution in [0.3, 0.4) is 0 Å². The van der Waals surface area contributed by atoms with Crippen LogP contribution in [0.1, 0.15) is 116 Å². The van der Waals surface area contributed by atoms with Crippen LogP contribution in [0, 0.1) is 12.8 Å². The van der Waals surface area contributed by atoms with E-state index in [1.807, 2.05) is 0 Å². The van der Waals surface area contributed by atoms with Crippen LogP contribution in [0.25, 0.3) is 10.8 Å². The Balaban J connectivity index is 1.06. The number of fused-ring (bicyclic) bond motifs is 2. The van der Waals surface area contributed by atoms with Crippen molar-refractivity contribution >= 4 is 34.3 Å². The van der Waals surface area contributed by atoms with Crippen molar-refractivity contribution in [3.8, 4) is 17.2 Å².